The lowest BCUT2D eigenvalue weighted by atomic mass is 10.3. The van der Waals surface area contributed by atoms with Crippen LogP contribution in [0.5, 0.6) is 0 Å². The van der Waals surface area contributed by atoms with Gasteiger partial charge in [0.2, 0.25) is 0 Å². The number of aldehydes is 1. The maximum atomic E-state index is 10.7. The molecule has 0 aromatic heterocycles. The van der Waals surface area contributed by atoms with E-state index in [0.29, 0.717) is 0 Å². The molecule has 11 heavy (non-hydrogen) atoms. The van der Waals surface area contributed by atoms with E-state index in [9.17, 15) is 9.59 Å². The number of rotatable bonds is 3. The van der Waals surface area contributed by atoms with E-state index < -0.39 is 17.4 Å². The first-order valence-corrected chi connectivity index (χ1v) is 2.81. The van der Waals surface area contributed by atoms with E-state index in [-0.39, 0.29) is 6.29 Å². The Bertz CT molecular complexity index is 197. The van der Waals surface area contributed by atoms with Gasteiger partial charge in [0.25, 0.3) is 11.9 Å². The van der Waals surface area contributed by atoms with Crippen LogP contribution < -0.4 is 5.32 Å². The molecule has 0 fully saturated rings. The number of likely N-dealkylation sites (N-methyl/N-ethyl adjacent to an activating group) is 1. The van der Waals surface area contributed by atoms with Crippen LogP contribution in [0.4, 0.5) is 0 Å². The fraction of sp³-hybridized carbons (Fsp3) is 0.333. The summed E-state index contributed by atoms with van der Waals surface area (Å²) in [5.41, 5.74) is -0.421. The third-order valence-electron chi connectivity index (χ3n) is 1.01. The molecule has 5 heteroatoms. The van der Waals surface area contributed by atoms with Crippen molar-refractivity contribution in [3.05, 3.63) is 11.5 Å². The molecule has 1 amide bonds. The highest BCUT2D eigenvalue weighted by Gasteiger charge is 2.12. The Hall–Kier alpha value is -1.52. The monoisotopic (exact) mass is 159 g/mol. The van der Waals surface area contributed by atoms with Crippen molar-refractivity contribution in [1.82, 2.24) is 5.32 Å². The number of aliphatic hydroxyl groups is 1. The number of hydrogen-bond donors (Lipinski definition) is 2. The van der Waals surface area contributed by atoms with Crippen molar-refractivity contribution in [3.8, 4) is 0 Å². The quantitative estimate of drug-likeness (QED) is 0.188. The summed E-state index contributed by atoms with van der Waals surface area (Å²) in [6.45, 7) is 0. The zero-order chi connectivity index (χ0) is 8.85. The number of carbonyl (C=O) groups excluding carboxylic acids is 2. The van der Waals surface area contributed by atoms with Crippen molar-refractivity contribution >= 4 is 12.2 Å². The van der Waals surface area contributed by atoms with E-state index >= 15 is 0 Å². The second-order valence-corrected chi connectivity index (χ2v) is 1.62. The molecule has 62 valence electrons. The first kappa shape index (κ1) is 9.48. The first-order valence-electron chi connectivity index (χ1n) is 2.81. The van der Waals surface area contributed by atoms with Crippen LogP contribution in [0.2, 0.25) is 0 Å². The molecule has 0 saturated heterocycles. The molecule has 0 heterocycles. The molecule has 0 bridgehead atoms. The molecule has 0 rings (SSSR count). The van der Waals surface area contributed by atoms with Gasteiger partial charge in [-0.3, -0.25) is 9.59 Å². The molecular weight excluding hydrogens is 150 g/mol. The highest BCUT2D eigenvalue weighted by molar-refractivity contribution is 6.10. The fourth-order valence-electron chi connectivity index (χ4n) is 0.446. The standard InChI is InChI=1S/C6H9NO4/c1-7-5(9)4(3-8)6(10)11-2/h3,10H,1-2H3,(H,7,9)/b6-4-. The van der Waals surface area contributed by atoms with Crippen molar-refractivity contribution in [3.63, 3.8) is 0 Å². The third kappa shape index (κ3) is 2.29. The molecule has 0 unspecified atom stereocenters. The average molecular weight is 159 g/mol. The van der Waals surface area contributed by atoms with Crippen LogP contribution in [0.3, 0.4) is 0 Å². The molecule has 0 aliphatic rings. The predicted octanol–water partition coefficient (Wildman–Crippen LogP) is -0.653. The van der Waals surface area contributed by atoms with Crippen LogP contribution in [0.15, 0.2) is 11.5 Å². The topological polar surface area (TPSA) is 75.6 Å². The molecular formula is C6H9NO4. The van der Waals surface area contributed by atoms with E-state index in [1.165, 1.54) is 7.05 Å². The second kappa shape index (κ2) is 4.32. The zero-order valence-corrected chi connectivity index (χ0v) is 6.25. The van der Waals surface area contributed by atoms with Crippen LogP contribution in [0.1, 0.15) is 0 Å². The Morgan fingerprint density at radius 2 is 2.18 bits per heavy atom. The summed E-state index contributed by atoms with van der Waals surface area (Å²) in [4.78, 5) is 20.9. The number of amides is 1. The van der Waals surface area contributed by atoms with Gasteiger partial charge in [0, 0.05) is 7.05 Å². The molecule has 0 aromatic rings. The second-order valence-electron chi connectivity index (χ2n) is 1.62. The minimum absolute atomic E-state index is 0.220. The summed E-state index contributed by atoms with van der Waals surface area (Å²) in [6, 6.07) is 0. The number of carbonyl (C=O) groups is 2. The lowest BCUT2D eigenvalue weighted by Crippen LogP contribution is -2.22. The molecule has 0 aromatic carbocycles. The largest absolute Gasteiger partial charge is 0.480 e. The Morgan fingerprint density at radius 1 is 1.64 bits per heavy atom. The third-order valence-corrected chi connectivity index (χ3v) is 1.01. The van der Waals surface area contributed by atoms with Crippen LogP contribution in [-0.4, -0.2) is 31.5 Å². The Morgan fingerprint density at radius 3 is 2.45 bits per heavy atom. The van der Waals surface area contributed by atoms with E-state index in [1.54, 1.807) is 0 Å². The predicted molar refractivity (Wildman–Crippen MR) is 36.8 cm³/mol. The number of nitrogens with one attached hydrogen (secondary N) is 1. The molecule has 0 radical (unpaired) electrons. The number of methoxy groups -OCH3 is 1. The van der Waals surface area contributed by atoms with Gasteiger partial charge in [0.15, 0.2) is 11.9 Å². The molecule has 0 saturated carbocycles. The number of ether oxygens (including phenoxy) is 1. The van der Waals surface area contributed by atoms with Crippen LogP contribution in [0.25, 0.3) is 0 Å². The summed E-state index contributed by atoms with van der Waals surface area (Å²) in [5.74, 6) is -1.36. The van der Waals surface area contributed by atoms with E-state index in [0.717, 1.165) is 7.11 Å². The molecule has 0 aliphatic carbocycles. The van der Waals surface area contributed by atoms with Gasteiger partial charge in [-0.05, 0) is 0 Å². The average Bonchev–Trinajstić information content (AvgIpc) is 2.05. The van der Waals surface area contributed by atoms with Gasteiger partial charge in [-0.2, -0.15) is 0 Å². The molecule has 0 atom stereocenters. The van der Waals surface area contributed by atoms with E-state index in [1.807, 2.05) is 0 Å². The van der Waals surface area contributed by atoms with Gasteiger partial charge in [-0.15, -0.1) is 0 Å². The van der Waals surface area contributed by atoms with Gasteiger partial charge >= 0.3 is 0 Å². The van der Waals surface area contributed by atoms with E-state index in [2.05, 4.69) is 10.1 Å². The number of aliphatic hydroxyl groups excluding tert-OH is 1. The minimum atomic E-state index is -0.681. The van der Waals surface area contributed by atoms with Crippen molar-refractivity contribution in [2.45, 2.75) is 0 Å². The fourth-order valence-corrected chi connectivity index (χ4v) is 0.446. The Labute approximate surface area is 63.7 Å². The van der Waals surface area contributed by atoms with Crippen molar-refractivity contribution in [2.75, 3.05) is 14.2 Å². The SMILES string of the molecule is CNC(=O)/C(C=O)=C(/O)OC. The summed E-state index contributed by atoms with van der Waals surface area (Å²) < 4.78 is 4.27. The highest BCUT2D eigenvalue weighted by atomic mass is 16.6. The first-order chi connectivity index (χ1) is 5.17. The maximum Gasteiger partial charge on any atom is 0.293 e. The normalized spacial score (nSPS) is 11.5. The van der Waals surface area contributed by atoms with Gasteiger partial charge in [0.05, 0.1) is 7.11 Å². The Balaban J connectivity index is 4.64. The summed E-state index contributed by atoms with van der Waals surface area (Å²) in [5, 5.41) is 10.9. The van der Waals surface area contributed by atoms with Crippen LogP contribution in [0, 0.1) is 0 Å². The summed E-state index contributed by atoms with van der Waals surface area (Å²) in [6.07, 6.45) is 0.220. The molecule has 5 nitrogen and oxygen atoms in total. The van der Waals surface area contributed by atoms with Gasteiger partial charge in [-0.25, -0.2) is 0 Å². The minimum Gasteiger partial charge on any atom is -0.480 e. The van der Waals surface area contributed by atoms with Gasteiger partial charge in [-0.1, -0.05) is 0 Å². The maximum absolute atomic E-state index is 10.7. The van der Waals surface area contributed by atoms with Crippen LogP contribution >= 0.6 is 0 Å². The summed E-state index contributed by atoms with van der Waals surface area (Å²) >= 11 is 0. The van der Waals surface area contributed by atoms with Crippen molar-refractivity contribution in [2.24, 2.45) is 0 Å². The zero-order valence-electron chi connectivity index (χ0n) is 6.25. The van der Waals surface area contributed by atoms with Crippen LogP contribution in [-0.2, 0) is 14.3 Å². The summed E-state index contributed by atoms with van der Waals surface area (Å²) in [7, 11) is 2.50. The molecule has 2 N–H and O–H groups in total. The molecule has 0 spiro atoms. The Kier molecular flexibility index (Phi) is 3.72. The number of hydrogen-bond acceptors (Lipinski definition) is 4. The van der Waals surface area contributed by atoms with Crippen molar-refractivity contribution in [1.29, 1.82) is 0 Å². The van der Waals surface area contributed by atoms with Gasteiger partial charge in [0.1, 0.15) is 0 Å². The molecule has 0 aliphatic heterocycles. The highest BCUT2D eigenvalue weighted by Crippen LogP contribution is 1.97. The van der Waals surface area contributed by atoms with Crippen molar-refractivity contribution < 1.29 is 19.4 Å². The lowest BCUT2D eigenvalue weighted by molar-refractivity contribution is -0.119. The van der Waals surface area contributed by atoms with Gasteiger partial charge < -0.3 is 15.2 Å². The smallest absolute Gasteiger partial charge is 0.293 e. The lowest BCUT2D eigenvalue weighted by Gasteiger charge is -2.00. The van der Waals surface area contributed by atoms with E-state index in [4.69, 9.17) is 5.11 Å².